The molecule has 1 aromatic rings. The number of benzene rings is 1. The van der Waals surface area contributed by atoms with Gasteiger partial charge >= 0.3 is 0 Å². The number of nitrogens with zero attached hydrogens (tertiary/aromatic N) is 1. The number of imide groups is 1. The number of rotatable bonds is 4. The van der Waals surface area contributed by atoms with Gasteiger partial charge < -0.3 is 10.1 Å². The van der Waals surface area contributed by atoms with Crippen molar-refractivity contribution in [3.63, 3.8) is 0 Å². The van der Waals surface area contributed by atoms with Gasteiger partial charge in [-0.2, -0.15) is 0 Å². The van der Waals surface area contributed by atoms with E-state index in [2.05, 4.69) is 10.6 Å². The molecule has 1 fully saturated rings. The molecule has 1 heterocycles. The van der Waals surface area contributed by atoms with Gasteiger partial charge in [0.05, 0.1) is 25.4 Å². The Labute approximate surface area is 122 Å². The third kappa shape index (κ3) is 3.38. The summed E-state index contributed by atoms with van der Waals surface area (Å²) in [4.78, 5) is 36.6. The highest BCUT2D eigenvalue weighted by Crippen LogP contribution is 2.22. The number of carbonyl (C=O) groups is 3. The molecule has 112 valence electrons. The minimum absolute atomic E-state index is 0.0504. The number of amides is 3. The van der Waals surface area contributed by atoms with Gasteiger partial charge in [0.2, 0.25) is 17.7 Å². The molecule has 1 unspecified atom stereocenters. The fourth-order valence-electron chi connectivity index (χ4n) is 2.03. The fraction of sp³-hybridized carbons (Fsp3) is 0.357. The molecule has 7 nitrogen and oxygen atoms in total. The standard InChI is InChI=1S/C14H17N3O4/c1-9-14(20)17(13(19)7-15-9)8-12(18)16-10-5-3-4-6-11(10)21-2/h3-6,9,15H,7-8H2,1-2H3,(H,16,18). The van der Waals surface area contributed by atoms with Crippen LogP contribution in [0.3, 0.4) is 0 Å². The van der Waals surface area contributed by atoms with Crippen LogP contribution in [0.25, 0.3) is 0 Å². The lowest BCUT2D eigenvalue weighted by molar-refractivity contribution is -0.150. The number of piperazine rings is 1. The first kappa shape index (κ1) is 15.0. The fourth-order valence-corrected chi connectivity index (χ4v) is 2.03. The maximum atomic E-state index is 12.0. The molecule has 3 amide bonds. The molecule has 0 bridgehead atoms. The second-order valence-electron chi connectivity index (χ2n) is 4.67. The van der Waals surface area contributed by atoms with E-state index < -0.39 is 23.8 Å². The zero-order valence-electron chi connectivity index (χ0n) is 11.9. The number of hydrogen-bond acceptors (Lipinski definition) is 5. The van der Waals surface area contributed by atoms with Crippen molar-refractivity contribution in [2.75, 3.05) is 25.5 Å². The van der Waals surface area contributed by atoms with Crippen LogP contribution < -0.4 is 15.4 Å². The Morgan fingerprint density at radius 2 is 2.14 bits per heavy atom. The first-order valence-corrected chi connectivity index (χ1v) is 6.53. The topological polar surface area (TPSA) is 87.7 Å². The van der Waals surface area contributed by atoms with Crippen molar-refractivity contribution >= 4 is 23.4 Å². The van der Waals surface area contributed by atoms with Crippen molar-refractivity contribution in [3.05, 3.63) is 24.3 Å². The molecule has 0 aliphatic carbocycles. The van der Waals surface area contributed by atoms with Crippen molar-refractivity contribution in [2.24, 2.45) is 0 Å². The van der Waals surface area contributed by atoms with Crippen LogP contribution in [-0.2, 0) is 14.4 Å². The Morgan fingerprint density at radius 1 is 1.43 bits per heavy atom. The van der Waals surface area contributed by atoms with Gasteiger partial charge in [-0.3, -0.25) is 24.6 Å². The second kappa shape index (κ2) is 6.36. The molecule has 1 atom stereocenters. The summed E-state index contributed by atoms with van der Waals surface area (Å²) in [6, 6.07) is 6.45. The summed E-state index contributed by atoms with van der Waals surface area (Å²) in [5.74, 6) is -0.748. The molecule has 0 saturated carbocycles. The van der Waals surface area contributed by atoms with E-state index in [1.165, 1.54) is 7.11 Å². The van der Waals surface area contributed by atoms with E-state index in [1.807, 2.05) is 0 Å². The molecular weight excluding hydrogens is 274 g/mol. The number of carbonyl (C=O) groups excluding carboxylic acids is 3. The van der Waals surface area contributed by atoms with Crippen molar-refractivity contribution in [1.29, 1.82) is 0 Å². The SMILES string of the molecule is COc1ccccc1NC(=O)CN1C(=O)CNC(C)C1=O. The van der Waals surface area contributed by atoms with Gasteiger partial charge in [-0.15, -0.1) is 0 Å². The average molecular weight is 291 g/mol. The largest absolute Gasteiger partial charge is 0.495 e. The highest BCUT2D eigenvalue weighted by molar-refractivity contribution is 6.05. The smallest absolute Gasteiger partial charge is 0.246 e. The predicted molar refractivity (Wildman–Crippen MR) is 75.8 cm³/mol. The van der Waals surface area contributed by atoms with E-state index in [0.717, 1.165) is 4.90 Å². The summed E-state index contributed by atoms with van der Waals surface area (Å²) in [5.41, 5.74) is 0.494. The third-order valence-electron chi connectivity index (χ3n) is 3.18. The molecule has 1 saturated heterocycles. The van der Waals surface area contributed by atoms with Gasteiger partial charge in [-0.1, -0.05) is 12.1 Å². The summed E-state index contributed by atoms with van der Waals surface area (Å²) in [7, 11) is 1.50. The summed E-state index contributed by atoms with van der Waals surface area (Å²) in [6.45, 7) is 1.40. The van der Waals surface area contributed by atoms with Gasteiger partial charge in [-0.25, -0.2) is 0 Å². The average Bonchev–Trinajstić information content (AvgIpc) is 2.48. The monoisotopic (exact) mass is 291 g/mol. The summed E-state index contributed by atoms with van der Waals surface area (Å²) in [6.07, 6.45) is 0. The zero-order valence-corrected chi connectivity index (χ0v) is 11.9. The normalized spacial score (nSPS) is 18.6. The molecule has 21 heavy (non-hydrogen) atoms. The lowest BCUT2D eigenvalue weighted by atomic mass is 10.2. The number of hydrogen-bond donors (Lipinski definition) is 2. The van der Waals surface area contributed by atoms with Crippen LogP contribution in [0.2, 0.25) is 0 Å². The highest BCUT2D eigenvalue weighted by Gasteiger charge is 2.32. The van der Waals surface area contributed by atoms with Crippen LogP contribution in [0, 0.1) is 0 Å². The Hall–Kier alpha value is -2.41. The van der Waals surface area contributed by atoms with E-state index >= 15 is 0 Å². The summed E-state index contributed by atoms with van der Waals surface area (Å²) >= 11 is 0. The lowest BCUT2D eigenvalue weighted by Gasteiger charge is -2.29. The Bertz CT molecular complexity index is 573. The maximum Gasteiger partial charge on any atom is 0.246 e. The van der Waals surface area contributed by atoms with Gasteiger partial charge in [-0.05, 0) is 19.1 Å². The van der Waals surface area contributed by atoms with E-state index in [0.29, 0.717) is 11.4 Å². The Kier molecular flexibility index (Phi) is 4.54. The minimum atomic E-state index is -0.471. The van der Waals surface area contributed by atoms with Crippen LogP contribution >= 0.6 is 0 Å². The van der Waals surface area contributed by atoms with Crippen LogP contribution in [0.15, 0.2) is 24.3 Å². The van der Waals surface area contributed by atoms with Gasteiger partial charge in [0.1, 0.15) is 12.3 Å². The highest BCUT2D eigenvalue weighted by atomic mass is 16.5. The van der Waals surface area contributed by atoms with Crippen molar-refractivity contribution in [1.82, 2.24) is 10.2 Å². The Morgan fingerprint density at radius 3 is 2.86 bits per heavy atom. The van der Waals surface area contributed by atoms with Gasteiger partial charge in [0.25, 0.3) is 0 Å². The minimum Gasteiger partial charge on any atom is -0.495 e. The number of nitrogens with one attached hydrogen (secondary N) is 2. The molecule has 1 aliphatic heterocycles. The van der Waals surface area contributed by atoms with Gasteiger partial charge in [0, 0.05) is 0 Å². The second-order valence-corrected chi connectivity index (χ2v) is 4.67. The molecule has 1 aliphatic rings. The van der Waals surface area contributed by atoms with Crippen molar-refractivity contribution < 1.29 is 19.1 Å². The number of anilines is 1. The molecule has 0 radical (unpaired) electrons. The zero-order chi connectivity index (χ0) is 15.4. The third-order valence-corrected chi connectivity index (χ3v) is 3.18. The van der Waals surface area contributed by atoms with Crippen LogP contribution in [0.1, 0.15) is 6.92 Å². The summed E-state index contributed by atoms with van der Waals surface area (Å²) < 4.78 is 5.12. The Balaban J connectivity index is 2.04. The first-order chi connectivity index (χ1) is 10.0. The van der Waals surface area contributed by atoms with Crippen molar-refractivity contribution in [3.8, 4) is 5.75 Å². The first-order valence-electron chi connectivity index (χ1n) is 6.53. The maximum absolute atomic E-state index is 12.0. The lowest BCUT2D eigenvalue weighted by Crippen LogP contribution is -2.58. The van der Waals surface area contributed by atoms with Crippen LogP contribution in [0.4, 0.5) is 5.69 Å². The van der Waals surface area contributed by atoms with E-state index in [1.54, 1.807) is 31.2 Å². The number of para-hydroxylation sites is 2. The van der Waals surface area contributed by atoms with E-state index in [9.17, 15) is 14.4 Å². The van der Waals surface area contributed by atoms with Crippen LogP contribution in [0.5, 0.6) is 5.75 Å². The van der Waals surface area contributed by atoms with E-state index in [-0.39, 0.29) is 13.1 Å². The van der Waals surface area contributed by atoms with E-state index in [4.69, 9.17) is 4.74 Å². The molecule has 2 N–H and O–H groups in total. The molecular formula is C14H17N3O4. The molecule has 0 aromatic heterocycles. The van der Waals surface area contributed by atoms with Gasteiger partial charge in [0.15, 0.2) is 0 Å². The quantitative estimate of drug-likeness (QED) is 0.761. The van der Waals surface area contributed by atoms with Crippen molar-refractivity contribution in [2.45, 2.75) is 13.0 Å². The van der Waals surface area contributed by atoms with Crippen LogP contribution in [-0.4, -0.2) is 48.9 Å². The summed E-state index contributed by atoms with van der Waals surface area (Å²) in [5, 5.41) is 5.39. The molecule has 7 heteroatoms. The molecule has 2 rings (SSSR count). The number of ether oxygens (including phenoxy) is 1. The molecule has 1 aromatic carbocycles. The predicted octanol–water partition coefficient (Wildman–Crippen LogP) is -0.0194. The number of methoxy groups -OCH3 is 1. The molecule has 0 spiro atoms.